The topological polar surface area (TPSA) is 32.7 Å². The maximum Gasteiger partial charge on any atom is 0.0594 e. The standard InChI is InChI=1S/C13H27NO2/c1-12(2)11-13(4-8-15)3-5-14-6-9-16-10-7-14/h12-13,15H,3-11H2,1-2H3/t13-/m1/s1. The molecule has 0 aromatic heterocycles. The second kappa shape index (κ2) is 8.04. The number of hydrogen-bond donors (Lipinski definition) is 1. The van der Waals surface area contributed by atoms with Gasteiger partial charge in [-0.05, 0) is 37.6 Å². The van der Waals surface area contributed by atoms with Gasteiger partial charge in [0.15, 0.2) is 0 Å². The molecule has 0 spiro atoms. The van der Waals surface area contributed by atoms with Gasteiger partial charge in [0, 0.05) is 19.7 Å². The Morgan fingerprint density at radius 3 is 2.44 bits per heavy atom. The van der Waals surface area contributed by atoms with E-state index in [1.807, 2.05) is 0 Å². The molecule has 1 saturated heterocycles. The van der Waals surface area contributed by atoms with Gasteiger partial charge in [0.25, 0.3) is 0 Å². The Kier molecular flexibility index (Phi) is 7.01. The van der Waals surface area contributed by atoms with E-state index in [-0.39, 0.29) is 0 Å². The van der Waals surface area contributed by atoms with E-state index in [1.54, 1.807) is 0 Å². The van der Waals surface area contributed by atoms with Crippen LogP contribution in [-0.2, 0) is 4.74 Å². The van der Waals surface area contributed by atoms with Crippen molar-refractivity contribution in [1.82, 2.24) is 4.90 Å². The summed E-state index contributed by atoms with van der Waals surface area (Å²) in [5.41, 5.74) is 0. The summed E-state index contributed by atoms with van der Waals surface area (Å²) in [5, 5.41) is 9.05. The molecule has 0 aliphatic carbocycles. The molecule has 0 saturated carbocycles. The molecule has 1 heterocycles. The number of ether oxygens (including phenoxy) is 1. The molecule has 1 rings (SSSR count). The number of nitrogens with zero attached hydrogens (tertiary/aromatic N) is 1. The normalized spacial score (nSPS) is 20.2. The van der Waals surface area contributed by atoms with E-state index in [2.05, 4.69) is 18.7 Å². The van der Waals surface area contributed by atoms with Crippen LogP contribution in [0.25, 0.3) is 0 Å². The van der Waals surface area contributed by atoms with Crippen molar-refractivity contribution in [3.63, 3.8) is 0 Å². The molecule has 3 heteroatoms. The van der Waals surface area contributed by atoms with Crippen LogP contribution in [0, 0.1) is 11.8 Å². The minimum absolute atomic E-state index is 0.334. The quantitative estimate of drug-likeness (QED) is 0.722. The highest BCUT2D eigenvalue weighted by Crippen LogP contribution is 2.19. The zero-order valence-electron chi connectivity index (χ0n) is 10.8. The first-order chi connectivity index (χ1) is 7.72. The lowest BCUT2D eigenvalue weighted by Gasteiger charge is -2.28. The molecule has 1 N–H and O–H groups in total. The molecule has 0 radical (unpaired) electrons. The van der Waals surface area contributed by atoms with E-state index in [0.29, 0.717) is 12.5 Å². The second-order valence-electron chi connectivity index (χ2n) is 5.25. The Hall–Kier alpha value is -0.120. The first kappa shape index (κ1) is 13.9. The minimum Gasteiger partial charge on any atom is -0.396 e. The molecule has 0 unspecified atom stereocenters. The van der Waals surface area contributed by atoms with Gasteiger partial charge in [0.1, 0.15) is 0 Å². The smallest absolute Gasteiger partial charge is 0.0594 e. The summed E-state index contributed by atoms with van der Waals surface area (Å²) in [6, 6.07) is 0. The first-order valence-electron chi connectivity index (χ1n) is 6.63. The predicted molar refractivity (Wildman–Crippen MR) is 66.5 cm³/mol. The van der Waals surface area contributed by atoms with E-state index in [1.165, 1.54) is 19.4 Å². The fourth-order valence-electron chi connectivity index (χ4n) is 2.42. The summed E-state index contributed by atoms with van der Waals surface area (Å²) in [6.45, 7) is 9.95. The van der Waals surface area contributed by atoms with Crippen LogP contribution in [0.2, 0.25) is 0 Å². The third kappa shape index (κ3) is 5.83. The van der Waals surface area contributed by atoms with Crippen LogP contribution in [-0.4, -0.2) is 49.5 Å². The molecule has 0 bridgehead atoms. The van der Waals surface area contributed by atoms with Crippen LogP contribution in [0.3, 0.4) is 0 Å². The number of rotatable bonds is 7. The van der Waals surface area contributed by atoms with Crippen LogP contribution >= 0.6 is 0 Å². The zero-order valence-corrected chi connectivity index (χ0v) is 10.8. The van der Waals surface area contributed by atoms with E-state index in [0.717, 1.165) is 38.6 Å². The molecule has 96 valence electrons. The highest BCUT2D eigenvalue weighted by molar-refractivity contribution is 4.67. The number of morpholine rings is 1. The Morgan fingerprint density at radius 1 is 1.19 bits per heavy atom. The van der Waals surface area contributed by atoms with Gasteiger partial charge in [0.2, 0.25) is 0 Å². The monoisotopic (exact) mass is 229 g/mol. The predicted octanol–water partition coefficient (Wildman–Crippen LogP) is 1.75. The second-order valence-corrected chi connectivity index (χ2v) is 5.25. The molecule has 0 aromatic rings. The average Bonchev–Trinajstić information content (AvgIpc) is 2.27. The van der Waals surface area contributed by atoms with Gasteiger partial charge >= 0.3 is 0 Å². The molecular weight excluding hydrogens is 202 g/mol. The van der Waals surface area contributed by atoms with Crippen molar-refractivity contribution in [2.24, 2.45) is 11.8 Å². The summed E-state index contributed by atoms with van der Waals surface area (Å²) in [4.78, 5) is 2.48. The van der Waals surface area contributed by atoms with Crippen LogP contribution in [0.1, 0.15) is 33.1 Å². The molecule has 1 fully saturated rings. The van der Waals surface area contributed by atoms with E-state index < -0.39 is 0 Å². The van der Waals surface area contributed by atoms with Crippen molar-refractivity contribution in [2.75, 3.05) is 39.5 Å². The van der Waals surface area contributed by atoms with E-state index in [9.17, 15) is 0 Å². The van der Waals surface area contributed by atoms with Crippen molar-refractivity contribution in [1.29, 1.82) is 0 Å². The Morgan fingerprint density at radius 2 is 1.88 bits per heavy atom. The van der Waals surface area contributed by atoms with Crippen molar-refractivity contribution in [2.45, 2.75) is 33.1 Å². The Bertz CT molecular complexity index is 167. The maximum absolute atomic E-state index is 9.05. The highest BCUT2D eigenvalue weighted by atomic mass is 16.5. The summed E-state index contributed by atoms with van der Waals surface area (Å²) < 4.78 is 5.34. The van der Waals surface area contributed by atoms with Gasteiger partial charge in [0.05, 0.1) is 13.2 Å². The lowest BCUT2D eigenvalue weighted by atomic mass is 9.91. The summed E-state index contributed by atoms with van der Waals surface area (Å²) in [5.74, 6) is 1.43. The van der Waals surface area contributed by atoms with Gasteiger partial charge < -0.3 is 9.84 Å². The van der Waals surface area contributed by atoms with Crippen molar-refractivity contribution < 1.29 is 9.84 Å². The Labute approximate surface area is 99.8 Å². The fraction of sp³-hybridized carbons (Fsp3) is 1.00. The van der Waals surface area contributed by atoms with Gasteiger partial charge in [-0.3, -0.25) is 4.90 Å². The summed E-state index contributed by atoms with van der Waals surface area (Å²) in [7, 11) is 0. The fourth-order valence-corrected chi connectivity index (χ4v) is 2.42. The molecule has 0 aromatic carbocycles. The number of aliphatic hydroxyl groups is 1. The molecular formula is C13H27NO2. The molecule has 3 nitrogen and oxygen atoms in total. The Balaban J connectivity index is 2.19. The van der Waals surface area contributed by atoms with Crippen LogP contribution in [0.4, 0.5) is 0 Å². The summed E-state index contributed by atoms with van der Waals surface area (Å²) >= 11 is 0. The lowest BCUT2D eigenvalue weighted by Crippen LogP contribution is -2.37. The lowest BCUT2D eigenvalue weighted by molar-refractivity contribution is 0.0343. The van der Waals surface area contributed by atoms with Gasteiger partial charge in [-0.2, -0.15) is 0 Å². The van der Waals surface area contributed by atoms with Crippen molar-refractivity contribution in [3.8, 4) is 0 Å². The first-order valence-corrected chi connectivity index (χ1v) is 6.63. The van der Waals surface area contributed by atoms with Crippen molar-refractivity contribution in [3.05, 3.63) is 0 Å². The molecule has 1 atom stereocenters. The summed E-state index contributed by atoms with van der Waals surface area (Å²) in [6.07, 6.45) is 3.42. The van der Waals surface area contributed by atoms with Gasteiger partial charge in [-0.15, -0.1) is 0 Å². The number of hydrogen-bond acceptors (Lipinski definition) is 3. The van der Waals surface area contributed by atoms with Crippen molar-refractivity contribution >= 4 is 0 Å². The largest absolute Gasteiger partial charge is 0.396 e. The minimum atomic E-state index is 0.334. The van der Waals surface area contributed by atoms with Crippen LogP contribution < -0.4 is 0 Å². The van der Waals surface area contributed by atoms with Crippen LogP contribution in [0.5, 0.6) is 0 Å². The maximum atomic E-state index is 9.05. The molecule has 1 aliphatic rings. The third-order valence-electron chi connectivity index (χ3n) is 3.30. The van der Waals surface area contributed by atoms with Gasteiger partial charge in [-0.25, -0.2) is 0 Å². The van der Waals surface area contributed by atoms with E-state index in [4.69, 9.17) is 9.84 Å². The van der Waals surface area contributed by atoms with Crippen LogP contribution in [0.15, 0.2) is 0 Å². The molecule has 0 amide bonds. The van der Waals surface area contributed by atoms with E-state index >= 15 is 0 Å². The zero-order chi connectivity index (χ0) is 11.8. The SMILES string of the molecule is CC(C)C[C@@H](CCO)CCN1CCOCC1. The number of aliphatic hydroxyl groups excluding tert-OH is 1. The molecule has 1 aliphatic heterocycles. The highest BCUT2D eigenvalue weighted by Gasteiger charge is 2.14. The molecule has 16 heavy (non-hydrogen) atoms. The van der Waals surface area contributed by atoms with Gasteiger partial charge in [-0.1, -0.05) is 13.8 Å². The third-order valence-corrected chi connectivity index (χ3v) is 3.30. The average molecular weight is 229 g/mol.